The Morgan fingerprint density at radius 2 is 2.37 bits per heavy atom. The number of amides is 1. The lowest BCUT2D eigenvalue weighted by Crippen LogP contribution is -2.41. The van der Waals surface area contributed by atoms with Crippen LogP contribution in [0.4, 0.5) is 5.69 Å². The minimum Gasteiger partial charge on any atom is -0.379 e. The lowest BCUT2D eigenvalue weighted by Gasteiger charge is -2.17. The van der Waals surface area contributed by atoms with Gasteiger partial charge in [0, 0.05) is 18.3 Å². The number of aromatic nitrogens is 2. The molecule has 2 heterocycles. The number of nitrogens with one attached hydrogen (secondary N) is 2. The molecule has 2 unspecified atom stereocenters. The molecule has 0 aliphatic carbocycles. The van der Waals surface area contributed by atoms with E-state index in [0.717, 1.165) is 12.2 Å². The number of carbonyl (C=O) groups excluding carboxylic acids is 1. The van der Waals surface area contributed by atoms with Gasteiger partial charge in [-0.3, -0.25) is 9.48 Å². The minimum atomic E-state index is -0.137. The molecule has 19 heavy (non-hydrogen) atoms. The summed E-state index contributed by atoms with van der Waals surface area (Å²) < 4.78 is 7.20. The number of carbonyl (C=O) groups is 1. The predicted molar refractivity (Wildman–Crippen MR) is 73.0 cm³/mol. The second kappa shape index (κ2) is 6.16. The topological polar surface area (TPSA) is 68.2 Å². The molecule has 6 heteroatoms. The Balaban J connectivity index is 1.96. The Morgan fingerprint density at radius 3 is 3.00 bits per heavy atom. The second-order valence-corrected chi connectivity index (χ2v) is 5.10. The highest BCUT2D eigenvalue weighted by Crippen LogP contribution is 2.17. The van der Waals surface area contributed by atoms with Crippen molar-refractivity contribution in [1.29, 1.82) is 0 Å². The van der Waals surface area contributed by atoms with E-state index >= 15 is 0 Å². The van der Waals surface area contributed by atoms with Crippen molar-refractivity contribution in [3.63, 3.8) is 0 Å². The molecular formula is C13H22N4O2. The Bertz CT molecular complexity index is 430. The zero-order valence-corrected chi connectivity index (χ0v) is 11.7. The number of likely N-dealkylation sites (N-methyl/N-ethyl adjacent to an activating group) is 1. The Hall–Kier alpha value is -1.40. The van der Waals surface area contributed by atoms with Crippen molar-refractivity contribution in [2.45, 2.75) is 32.9 Å². The molecule has 1 aromatic heterocycles. The Labute approximate surface area is 113 Å². The first-order valence-corrected chi connectivity index (χ1v) is 6.78. The molecule has 1 saturated heterocycles. The number of ether oxygens (including phenoxy) is 1. The summed E-state index contributed by atoms with van der Waals surface area (Å²) in [6.07, 6.45) is 3.52. The summed E-state index contributed by atoms with van der Waals surface area (Å²) in [4.78, 5) is 12.2. The first-order chi connectivity index (χ1) is 9.11. The molecule has 0 aromatic carbocycles. The van der Waals surface area contributed by atoms with Gasteiger partial charge in [-0.15, -0.1) is 0 Å². The molecule has 6 nitrogen and oxygen atoms in total. The van der Waals surface area contributed by atoms with Crippen molar-refractivity contribution >= 4 is 11.6 Å². The van der Waals surface area contributed by atoms with Crippen LogP contribution in [0.2, 0.25) is 0 Å². The minimum absolute atomic E-state index is 0.00763. The quantitative estimate of drug-likeness (QED) is 0.835. The fraction of sp³-hybridized carbons (Fsp3) is 0.692. The first-order valence-electron chi connectivity index (χ1n) is 6.78. The van der Waals surface area contributed by atoms with Gasteiger partial charge in [0.1, 0.15) is 0 Å². The highest BCUT2D eigenvalue weighted by atomic mass is 16.5. The summed E-state index contributed by atoms with van der Waals surface area (Å²) in [5, 5.41) is 10.4. The Morgan fingerprint density at radius 1 is 1.58 bits per heavy atom. The largest absolute Gasteiger partial charge is 0.379 e. The predicted octanol–water partition coefficient (Wildman–Crippen LogP) is 1.03. The van der Waals surface area contributed by atoms with Crippen molar-refractivity contribution in [2.24, 2.45) is 5.92 Å². The average molecular weight is 266 g/mol. The van der Waals surface area contributed by atoms with Gasteiger partial charge >= 0.3 is 0 Å². The summed E-state index contributed by atoms with van der Waals surface area (Å²) in [7, 11) is 0. The van der Waals surface area contributed by atoms with Gasteiger partial charge in [-0.25, -0.2) is 0 Å². The van der Waals surface area contributed by atoms with Crippen molar-refractivity contribution in [3.05, 3.63) is 12.4 Å². The Kier molecular flexibility index (Phi) is 4.55. The normalized spacial score (nSPS) is 22.9. The maximum atomic E-state index is 12.2. The third-order valence-corrected chi connectivity index (χ3v) is 3.28. The maximum absolute atomic E-state index is 12.2. The van der Waals surface area contributed by atoms with Gasteiger partial charge in [-0.2, -0.15) is 5.10 Å². The van der Waals surface area contributed by atoms with Crippen LogP contribution in [0.25, 0.3) is 0 Å². The van der Waals surface area contributed by atoms with Crippen molar-refractivity contribution in [3.8, 4) is 0 Å². The van der Waals surface area contributed by atoms with Crippen molar-refractivity contribution < 1.29 is 9.53 Å². The monoisotopic (exact) mass is 266 g/mol. The molecular weight excluding hydrogens is 244 g/mol. The van der Waals surface area contributed by atoms with E-state index in [9.17, 15) is 4.79 Å². The van der Waals surface area contributed by atoms with Gasteiger partial charge in [0.05, 0.1) is 31.0 Å². The third kappa shape index (κ3) is 3.33. The molecule has 0 spiro atoms. The molecule has 1 aromatic rings. The number of hydrogen-bond donors (Lipinski definition) is 2. The molecule has 2 rings (SSSR count). The van der Waals surface area contributed by atoms with Gasteiger partial charge < -0.3 is 15.4 Å². The van der Waals surface area contributed by atoms with Gasteiger partial charge in [0.2, 0.25) is 5.91 Å². The van der Waals surface area contributed by atoms with Gasteiger partial charge in [-0.05, 0) is 20.4 Å². The van der Waals surface area contributed by atoms with Crippen LogP contribution >= 0.6 is 0 Å². The van der Waals surface area contributed by atoms with E-state index in [2.05, 4.69) is 15.7 Å². The fourth-order valence-electron chi connectivity index (χ4n) is 2.20. The molecule has 1 amide bonds. The van der Waals surface area contributed by atoms with Crippen LogP contribution in [0.15, 0.2) is 12.4 Å². The van der Waals surface area contributed by atoms with Gasteiger partial charge in [0.25, 0.3) is 0 Å². The summed E-state index contributed by atoms with van der Waals surface area (Å²) in [6.45, 7) is 8.03. The van der Waals surface area contributed by atoms with E-state index in [-0.39, 0.29) is 23.9 Å². The van der Waals surface area contributed by atoms with E-state index in [0.29, 0.717) is 13.2 Å². The van der Waals surface area contributed by atoms with Crippen LogP contribution in [0.1, 0.15) is 26.8 Å². The molecule has 1 fully saturated rings. The molecule has 2 atom stereocenters. The summed E-state index contributed by atoms with van der Waals surface area (Å²) in [5.74, 6) is -0.144. The molecule has 0 bridgehead atoms. The van der Waals surface area contributed by atoms with E-state index < -0.39 is 0 Å². The summed E-state index contributed by atoms with van der Waals surface area (Å²) >= 11 is 0. The van der Waals surface area contributed by atoms with Crippen LogP contribution in [0.3, 0.4) is 0 Å². The standard InChI is InChI=1S/C13H22N4O2/c1-4-14-12-8-19-7-11(12)13(18)16-10-5-15-17(6-10)9(2)3/h5-6,9,11-12,14H,4,7-8H2,1-3H3,(H,16,18). The first kappa shape index (κ1) is 14.0. The molecule has 1 aliphatic rings. The molecule has 0 saturated carbocycles. The molecule has 0 radical (unpaired) electrons. The van der Waals surface area contributed by atoms with Crippen molar-refractivity contribution in [2.75, 3.05) is 25.1 Å². The molecule has 2 N–H and O–H groups in total. The summed E-state index contributed by atoms with van der Waals surface area (Å²) in [6, 6.07) is 0.389. The van der Waals surface area contributed by atoms with E-state index in [1.54, 1.807) is 6.20 Å². The fourth-order valence-corrected chi connectivity index (χ4v) is 2.20. The van der Waals surface area contributed by atoms with Crippen LogP contribution < -0.4 is 10.6 Å². The van der Waals surface area contributed by atoms with E-state index in [1.807, 2.05) is 31.6 Å². The second-order valence-electron chi connectivity index (χ2n) is 5.10. The molecule has 1 aliphatic heterocycles. The highest BCUT2D eigenvalue weighted by molar-refractivity contribution is 5.93. The SMILES string of the molecule is CCNC1COCC1C(=O)Nc1cnn(C(C)C)c1. The number of nitrogens with zero attached hydrogens (tertiary/aromatic N) is 2. The lowest BCUT2D eigenvalue weighted by atomic mass is 10.0. The molecule has 106 valence electrons. The number of anilines is 1. The van der Waals surface area contributed by atoms with Crippen molar-refractivity contribution in [1.82, 2.24) is 15.1 Å². The zero-order chi connectivity index (χ0) is 13.8. The highest BCUT2D eigenvalue weighted by Gasteiger charge is 2.33. The van der Waals surface area contributed by atoms with Crippen LogP contribution in [0, 0.1) is 5.92 Å². The van der Waals surface area contributed by atoms with E-state index in [4.69, 9.17) is 4.74 Å². The van der Waals surface area contributed by atoms with Gasteiger partial charge in [-0.1, -0.05) is 6.92 Å². The number of hydrogen-bond acceptors (Lipinski definition) is 4. The number of rotatable bonds is 5. The summed E-state index contributed by atoms with van der Waals surface area (Å²) in [5.41, 5.74) is 0.737. The van der Waals surface area contributed by atoms with Crippen LogP contribution in [-0.2, 0) is 9.53 Å². The maximum Gasteiger partial charge on any atom is 0.231 e. The zero-order valence-electron chi connectivity index (χ0n) is 11.7. The smallest absolute Gasteiger partial charge is 0.231 e. The van der Waals surface area contributed by atoms with Crippen LogP contribution in [-0.4, -0.2) is 41.5 Å². The third-order valence-electron chi connectivity index (χ3n) is 3.28. The average Bonchev–Trinajstić information content (AvgIpc) is 2.98. The van der Waals surface area contributed by atoms with Crippen LogP contribution in [0.5, 0.6) is 0 Å². The van der Waals surface area contributed by atoms with Gasteiger partial charge in [0.15, 0.2) is 0 Å². The van der Waals surface area contributed by atoms with E-state index in [1.165, 1.54) is 0 Å². The lowest BCUT2D eigenvalue weighted by molar-refractivity contribution is -0.120.